The van der Waals surface area contributed by atoms with Crippen LogP contribution in [0.4, 0.5) is 0 Å². The zero-order valence-corrected chi connectivity index (χ0v) is 15.2. The molecule has 3 aliphatic carbocycles. The molecule has 0 aromatic carbocycles. The number of hydrogen-bond donors (Lipinski definition) is 1. The third kappa shape index (κ3) is 2.86. The van der Waals surface area contributed by atoms with Crippen LogP contribution in [0.2, 0.25) is 0 Å². The zero-order valence-electron chi connectivity index (χ0n) is 13.6. The maximum absolute atomic E-state index is 3.93. The number of nitrogens with one attached hydrogen (secondary N) is 1. The fourth-order valence-corrected chi connectivity index (χ4v) is 5.52. The van der Waals surface area contributed by atoms with Crippen LogP contribution >= 0.6 is 15.9 Å². The Labute approximate surface area is 143 Å². The Morgan fingerprint density at radius 1 is 1.00 bits per heavy atom. The van der Waals surface area contributed by atoms with Gasteiger partial charge in [0.2, 0.25) is 0 Å². The molecule has 1 N–H and O–H groups in total. The molecule has 0 amide bonds. The van der Waals surface area contributed by atoms with Crippen LogP contribution < -0.4 is 5.32 Å². The van der Waals surface area contributed by atoms with Gasteiger partial charge < -0.3 is 10.2 Å². The number of allylic oxidation sites excluding steroid dienone is 3. The lowest BCUT2D eigenvalue weighted by Crippen LogP contribution is -2.49. The van der Waals surface area contributed by atoms with E-state index in [1.54, 1.807) is 5.70 Å². The van der Waals surface area contributed by atoms with Crippen LogP contribution in [0.1, 0.15) is 70.6 Å². The quantitative estimate of drug-likeness (QED) is 0.688. The minimum Gasteiger partial charge on any atom is -0.364 e. The Morgan fingerprint density at radius 2 is 1.77 bits per heavy atom. The van der Waals surface area contributed by atoms with Gasteiger partial charge in [-0.1, -0.05) is 41.3 Å². The normalized spacial score (nSPS) is 36.4. The van der Waals surface area contributed by atoms with Crippen molar-refractivity contribution in [3.05, 3.63) is 23.5 Å². The maximum Gasteiger partial charge on any atom is 0.102 e. The Morgan fingerprint density at radius 3 is 2.55 bits per heavy atom. The second-order valence-corrected chi connectivity index (χ2v) is 8.90. The van der Waals surface area contributed by atoms with E-state index in [2.05, 4.69) is 38.3 Å². The van der Waals surface area contributed by atoms with Gasteiger partial charge in [-0.05, 0) is 63.4 Å². The van der Waals surface area contributed by atoms with Gasteiger partial charge in [0.05, 0.1) is 5.70 Å². The van der Waals surface area contributed by atoms with E-state index in [1.165, 1.54) is 76.3 Å². The summed E-state index contributed by atoms with van der Waals surface area (Å²) in [4.78, 5) is 3.62. The van der Waals surface area contributed by atoms with Crippen LogP contribution in [-0.2, 0) is 0 Å². The van der Waals surface area contributed by atoms with Crippen molar-refractivity contribution in [2.75, 3.05) is 0 Å². The molecule has 1 unspecified atom stereocenters. The molecule has 4 rings (SSSR count). The lowest BCUT2D eigenvalue weighted by atomic mass is 9.85. The van der Waals surface area contributed by atoms with Crippen molar-refractivity contribution in [1.82, 2.24) is 10.2 Å². The number of nitrogens with zero attached hydrogens (tertiary/aromatic N) is 1. The van der Waals surface area contributed by atoms with Crippen molar-refractivity contribution >= 4 is 15.9 Å². The lowest BCUT2D eigenvalue weighted by molar-refractivity contribution is 0.0912. The number of rotatable bonds is 2. The second-order valence-electron chi connectivity index (χ2n) is 7.60. The van der Waals surface area contributed by atoms with E-state index >= 15 is 0 Å². The minimum atomic E-state index is 0.579. The fourth-order valence-electron chi connectivity index (χ4n) is 4.99. The molecule has 0 saturated heterocycles. The summed E-state index contributed by atoms with van der Waals surface area (Å²) in [7, 11) is 0. The van der Waals surface area contributed by atoms with Gasteiger partial charge in [0.25, 0.3) is 0 Å². The van der Waals surface area contributed by atoms with Gasteiger partial charge in [-0.25, -0.2) is 0 Å². The molecule has 2 saturated carbocycles. The molecule has 0 aromatic rings. The van der Waals surface area contributed by atoms with Crippen LogP contribution in [-0.4, -0.2) is 21.9 Å². The first-order valence-corrected chi connectivity index (χ1v) is 10.3. The van der Waals surface area contributed by atoms with Gasteiger partial charge in [-0.15, -0.1) is 0 Å². The lowest BCUT2D eigenvalue weighted by Gasteiger charge is -2.43. The van der Waals surface area contributed by atoms with Gasteiger partial charge in [0.15, 0.2) is 0 Å². The fraction of sp³-hybridized carbons (Fsp3) is 0.789. The summed E-state index contributed by atoms with van der Waals surface area (Å²) in [6.07, 6.45) is 20.3. The summed E-state index contributed by atoms with van der Waals surface area (Å²) in [5, 5.41) is 3.93. The van der Waals surface area contributed by atoms with Crippen LogP contribution in [0, 0.1) is 5.92 Å². The van der Waals surface area contributed by atoms with E-state index < -0.39 is 0 Å². The first-order valence-electron chi connectivity index (χ1n) is 9.41. The van der Waals surface area contributed by atoms with Crippen molar-refractivity contribution in [2.24, 2.45) is 5.92 Å². The molecule has 0 spiro atoms. The number of alkyl halides is 1. The predicted octanol–water partition coefficient (Wildman–Crippen LogP) is 5.07. The average molecular weight is 365 g/mol. The molecule has 1 atom stereocenters. The maximum atomic E-state index is 3.93. The SMILES string of the molecule is BrC1CCC(C2NC3=C(CCC=C3)N2C2CCCCC2)CC1. The zero-order chi connectivity index (χ0) is 14.9. The van der Waals surface area contributed by atoms with Gasteiger partial charge in [-0.2, -0.15) is 0 Å². The first-order chi connectivity index (χ1) is 10.8. The first kappa shape index (κ1) is 15.1. The van der Waals surface area contributed by atoms with Crippen LogP contribution in [0.15, 0.2) is 23.5 Å². The van der Waals surface area contributed by atoms with E-state index in [4.69, 9.17) is 0 Å². The molecule has 0 bridgehead atoms. The van der Waals surface area contributed by atoms with Crippen LogP contribution in [0.3, 0.4) is 0 Å². The van der Waals surface area contributed by atoms with Crippen molar-refractivity contribution in [3.8, 4) is 0 Å². The minimum absolute atomic E-state index is 0.579. The van der Waals surface area contributed by atoms with Gasteiger partial charge in [0, 0.05) is 16.6 Å². The van der Waals surface area contributed by atoms with Crippen molar-refractivity contribution in [2.45, 2.75) is 87.7 Å². The average Bonchev–Trinajstić information content (AvgIpc) is 2.96. The van der Waals surface area contributed by atoms with Gasteiger partial charge in [0.1, 0.15) is 6.17 Å². The Balaban J connectivity index is 1.56. The Kier molecular flexibility index (Phi) is 4.52. The smallest absolute Gasteiger partial charge is 0.102 e. The second kappa shape index (κ2) is 6.59. The summed E-state index contributed by atoms with van der Waals surface area (Å²) < 4.78 is 0. The Hall–Kier alpha value is -0.440. The standard InChI is InChI=1S/C19H29BrN2/c20-15-12-10-14(11-13-15)19-21-17-8-4-5-9-18(17)22(19)16-6-2-1-3-7-16/h4,8,14-16,19,21H,1-3,5-7,9-13H2. The van der Waals surface area contributed by atoms with Crippen molar-refractivity contribution in [1.29, 1.82) is 0 Å². The molecule has 2 nitrogen and oxygen atoms in total. The summed E-state index contributed by atoms with van der Waals surface area (Å²) in [5.74, 6) is 0.828. The van der Waals surface area contributed by atoms with E-state index in [9.17, 15) is 0 Å². The molecule has 2 fully saturated rings. The summed E-state index contributed by atoms with van der Waals surface area (Å²) in [5.41, 5.74) is 3.09. The third-order valence-electron chi connectivity index (χ3n) is 6.17. The molecule has 0 radical (unpaired) electrons. The van der Waals surface area contributed by atoms with Gasteiger partial charge in [-0.3, -0.25) is 0 Å². The van der Waals surface area contributed by atoms with Crippen molar-refractivity contribution in [3.63, 3.8) is 0 Å². The molecule has 3 heteroatoms. The van der Waals surface area contributed by atoms with E-state index in [1.807, 2.05) is 0 Å². The predicted molar refractivity (Wildman–Crippen MR) is 95.7 cm³/mol. The van der Waals surface area contributed by atoms with Gasteiger partial charge >= 0.3 is 0 Å². The van der Waals surface area contributed by atoms with Crippen molar-refractivity contribution < 1.29 is 0 Å². The molecule has 122 valence electrons. The van der Waals surface area contributed by atoms with Crippen LogP contribution in [0.5, 0.6) is 0 Å². The largest absolute Gasteiger partial charge is 0.364 e. The van der Waals surface area contributed by atoms with Crippen LogP contribution in [0.25, 0.3) is 0 Å². The topological polar surface area (TPSA) is 15.3 Å². The summed E-state index contributed by atoms with van der Waals surface area (Å²) in [6.45, 7) is 0. The summed E-state index contributed by atoms with van der Waals surface area (Å²) >= 11 is 3.82. The molecule has 1 aliphatic heterocycles. The highest BCUT2D eigenvalue weighted by atomic mass is 79.9. The highest BCUT2D eigenvalue weighted by molar-refractivity contribution is 9.09. The molecular weight excluding hydrogens is 336 g/mol. The van der Waals surface area contributed by atoms with E-state index in [0.717, 1.165) is 16.8 Å². The van der Waals surface area contributed by atoms with E-state index in [-0.39, 0.29) is 0 Å². The molecule has 0 aromatic heterocycles. The third-order valence-corrected chi connectivity index (χ3v) is 7.09. The molecular formula is C19H29BrN2. The molecule has 4 aliphatic rings. The number of hydrogen-bond acceptors (Lipinski definition) is 2. The highest BCUT2D eigenvalue weighted by Crippen LogP contribution is 2.41. The monoisotopic (exact) mass is 364 g/mol. The Bertz CT molecular complexity index is 456. The van der Waals surface area contributed by atoms with E-state index in [0.29, 0.717) is 6.17 Å². The highest BCUT2D eigenvalue weighted by Gasteiger charge is 2.40. The molecule has 22 heavy (non-hydrogen) atoms. The summed E-state index contributed by atoms with van der Waals surface area (Å²) in [6, 6.07) is 0.798. The number of halogens is 1. The molecule has 1 heterocycles.